The highest BCUT2D eigenvalue weighted by atomic mass is 127. The number of halogens is 1. The number of carbonyl (C=O) groups is 1. The first-order valence-electron chi connectivity index (χ1n) is 10.6. The lowest BCUT2D eigenvalue weighted by Crippen LogP contribution is -2.37. The van der Waals surface area contributed by atoms with Gasteiger partial charge in [0, 0.05) is 43.3 Å². The first-order valence-corrected chi connectivity index (χ1v) is 10.6. The van der Waals surface area contributed by atoms with Crippen LogP contribution in [0.1, 0.15) is 23.7 Å². The number of benzene rings is 2. The second-order valence-corrected chi connectivity index (χ2v) is 7.27. The van der Waals surface area contributed by atoms with Crippen LogP contribution in [0.25, 0.3) is 10.9 Å². The van der Waals surface area contributed by atoms with Crippen LogP contribution in [0.2, 0.25) is 0 Å². The number of nitrogens with zero attached hydrogens (tertiary/aromatic N) is 1. The van der Waals surface area contributed by atoms with E-state index in [1.165, 1.54) is 22.2 Å². The maximum Gasteiger partial charge on any atom is 0.257 e. The van der Waals surface area contributed by atoms with Crippen LogP contribution < -0.4 is 20.7 Å². The third-order valence-electron chi connectivity index (χ3n) is 5.02. The van der Waals surface area contributed by atoms with Crippen molar-refractivity contribution in [3.63, 3.8) is 0 Å². The van der Waals surface area contributed by atoms with Gasteiger partial charge in [0.15, 0.2) is 12.6 Å². The van der Waals surface area contributed by atoms with E-state index in [0.29, 0.717) is 18.8 Å². The normalized spacial score (nSPS) is 11.0. The Hall–Kier alpha value is -2.75. The second kappa shape index (κ2) is 12.9. The number of hydrogen-bond donors (Lipinski definition) is 4. The van der Waals surface area contributed by atoms with E-state index in [1.54, 1.807) is 7.05 Å². The summed E-state index contributed by atoms with van der Waals surface area (Å²) in [5, 5.41) is 10.7. The molecule has 172 valence electrons. The van der Waals surface area contributed by atoms with Crippen molar-refractivity contribution in [2.75, 3.05) is 26.7 Å². The molecule has 1 aromatic heterocycles. The third-order valence-corrected chi connectivity index (χ3v) is 5.02. The molecule has 0 saturated heterocycles. The van der Waals surface area contributed by atoms with Crippen molar-refractivity contribution in [1.29, 1.82) is 0 Å². The average Bonchev–Trinajstić information content (AvgIpc) is 3.10. The van der Waals surface area contributed by atoms with E-state index in [1.807, 2.05) is 37.3 Å². The average molecular weight is 549 g/mol. The molecule has 0 aliphatic rings. The van der Waals surface area contributed by atoms with Crippen molar-refractivity contribution in [2.24, 2.45) is 4.99 Å². The standard InChI is InChI=1S/C24H31N5O2.HI/c1-4-26-23(30)16-31-19-9-7-8-18(14-19)15-28-24(25-3)27-13-12-20-17(2)29-22-11-6-5-10-21(20)22;/h5-11,14,29H,4,12-13,15-16H2,1-3H3,(H,26,30)(H2,25,27,28);1H. The third kappa shape index (κ3) is 7.15. The number of aliphatic imine (C=N–C) groups is 1. The number of H-pyrrole nitrogens is 1. The Morgan fingerprint density at radius 3 is 2.69 bits per heavy atom. The van der Waals surface area contributed by atoms with Gasteiger partial charge in [0.2, 0.25) is 0 Å². The van der Waals surface area contributed by atoms with Gasteiger partial charge in [-0.05, 0) is 49.6 Å². The van der Waals surface area contributed by atoms with Crippen LogP contribution in [-0.4, -0.2) is 43.6 Å². The number of nitrogens with one attached hydrogen (secondary N) is 4. The molecule has 3 rings (SSSR count). The minimum absolute atomic E-state index is 0. The van der Waals surface area contributed by atoms with E-state index in [4.69, 9.17) is 4.74 Å². The van der Waals surface area contributed by atoms with E-state index in [9.17, 15) is 4.79 Å². The summed E-state index contributed by atoms with van der Waals surface area (Å²) in [4.78, 5) is 19.3. The van der Waals surface area contributed by atoms with Crippen molar-refractivity contribution >= 4 is 46.7 Å². The molecule has 0 aliphatic heterocycles. The summed E-state index contributed by atoms with van der Waals surface area (Å²) < 4.78 is 5.56. The van der Waals surface area contributed by atoms with Crippen molar-refractivity contribution < 1.29 is 9.53 Å². The van der Waals surface area contributed by atoms with Crippen molar-refractivity contribution in [1.82, 2.24) is 20.9 Å². The lowest BCUT2D eigenvalue weighted by molar-refractivity contribution is -0.122. The summed E-state index contributed by atoms with van der Waals surface area (Å²) in [6.45, 7) is 5.98. The first kappa shape index (κ1) is 25.5. The minimum atomic E-state index is -0.124. The van der Waals surface area contributed by atoms with Gasteiger partial charge in [0.05, 0.1) is 0 Å². The fraction of sp³-hybridized carbons (Fsp3) is 0.333. The highest BCUT2D eigenvalue weighted by Gasteiger charge is 2.08. The van der Waals surface area contributed by atoms with Crippen LogP contribution in [0.15, 0.2) is 53.5 Å². The zero-order valence-electron chi connectivity index (χ0n) is 18.8. The number of likely N-dealkylation sites (N-methyl/N-ethyl adjacent to an activating group) is 1. The van der Waals surface area contributed by atoms with E-state index < -0.39 is 0 Å². The van der Waals surface area contributed by atoms with Gasteiger partial charge in [-0.25, -0.2) is 0 Å². The van der Waals surface area contributed by atoms with Gasteiger partial charge >= 0.3 is 0 Å². The number of aromatic amines is 1. The Kier molecular flexibility index (Phi) is 10.3. The first-order chi connectivity index (χ1) is 15.1. The van der Waals surface area contributed by atoms with Crippen LogP contribution >= 0.6 is 24.0 Å². The Balaban J connectivity index is 0.00000363. The largest absolute Gasteiger partial charge is 0.484 e. The molecule has 0 unspecified atom stereocenters. The lowest BCUT2D eigenvalue weighted by atomic mass is 10.1. The van der Waals surface area contributed by atoms with Crippen LogP contribution in [0, 0.1) is 6.92 Å². The van der Waals surface area contributed by atoms with Gasteiger partial charge in [-0.3, -0.25) is 9.79 Å². The number of aryl methyl sites for hydroxylation is 1. The summed E-state index contributed by atoms with van der Waals surface area (Å²) in [5.41, 5.74) is 4.75. The van der Waals surface area contributed by atoms with Crippen molar-refractivity contribution in [2.45, 2.75) is 26.8 Å². The Bertz CT molecular complexity index is 1050. The zero-order valence-corrected chi connectivity index (χ0v) is 21.2. The van der Waals surface area contributed by atoms with Gasteiger partial charge in [-0.1, -0.05) is 30.3 Å². The van der Waals surface area contributed by atoms with E-state index in [0.717, 1.165) is 24.5 Å². The maximum absolute atomic E-state index is 11.6. The fourth-order valence-corrected chi connectivity index (χ4v) is 3.51. The molecule has 8 heteroatoms. The number of aromatic nitrogens is 1. The van der Waals surface area contributed by atoms with Crippen molar-refractivity contribution in [3.8, 4) is 5.75 Å². The maximum atomic E-state index is 11.6. The Labute approximate surface area is 206 Å². The summed E-state index contributed by atoms with van der Waals surface area (Å²) in [6.07, 6.45) is 0.902. The van der Waals surface area contributed by atoms with Crippen LogP contribution in [0.4, 0.5) is 0 Å². The SMILES string of the molecule is CCNC(=O)COc1cccc(CNC(=NC)NCCc2c(C)[nH]c3ccccc23)c1.I. The number of para-hydroxylation sites is 1. The molecule has 2 aromatic carbocycles. The van der Waals surface area contributed by atoms with Gasteiger partial charge < -0.3 is 25.7 Å². The molecule has 1 amide bonds. The molecule has 0 aliphatic carbocycles. The number of ether oxygens (including phenoxy) is 1. The van der Waals surface area contributed by atoms with Gasteiger partial charge in [0.25, 0.3) is 5.91 Å². The number of carbonyl (C=O) groups excluding carboxylic acids is 1. The van der Waals surface area contributed by atoms with Crippen LogP contribution in [0.5, 0.6) is 5.75 Å². The van der Waals surface area contributed by atoms with E-state index in [2.05, 4.69) is 51.0 Å². The number of hydrogen-bond acceptors (Lipinski definition) is 3. The molecule has 0 bridgehead atoms. The minimum Gasteiger partial charge on any atom is -0.484 e. The molecule has 7 nitrogen and oxygen atoms in total. The molecule has 0 radical (unpaired) electrons. The summed E-state index contributed by atoms with van der Waals surface area (Å²) >= 11 is 0. The summed E-state index contributed by atoms with van der Waals surface area (Å²) in [7, 11) is 1.76. The van der Waals surface area contributed by atoms with Crippen molar-refractivity contribution in [3.05, 3.63) is 65.4 Å². The topological polar surface area (TPSA) is 90.5 Å². The molecule has 1 heterocycles. The molecular weight excluding hydrogens is 517 g/mol. The molecule has 32 heavy (non-hydrogen) atoms. The van der Waals surface area contributed by atoms with Gasteiger partial charge in [-0.15, -0.1) is 24.0 Å². The Morgan fingerprint density at radius 1 is 1.09 bits per heavy atom. The fourth-order valence-electron chi connectivity index (χ4n) is 3.51. The predicted molar refractivity (Wildman–Crippen MR) is 141 cm³/mol. The molecule has 0 atom stereocenters. The number of guanidine groups is 1. The highest BCUT2D eigenvalue weighted by Crippen LogP contribution is 2.21. The number of amides is 1. The quantitative estimate of drug-likeness (QED) is 0.187. The molecule has 3 aromatic rings. The second-order valence-electron chi connectivity index (χ2n) is 7.27. The van der Waals surface area contributed by atoms with E-state index >= 15 is 0 Å². The highest BCUT2D eigenvalue weighted by molar-refractivity contribution is 14.0. The summed E-state index contributed by atoms with van der Waals surface area (Å²) in [5.74, 6) is 1.29. The molecule has 0 fully saturated rings. The van der Waals surface area contributed by atoms with Gasteiger partial charge in [0.1, 0.15) is 5.75 Å². The monoisotopic (exact) mass is 549 g/mol. The molecule has 0 saturated carbocycles. The smallest absolute Gasteiger partial charge is 0.257 e. The van der Waals surface area contributed by atoms with Gasteiger partial charge in [-0.2, -0.15) is 0 Å². The Morgan fingerprint density at radius 2 is 1.91 bits per heavy atom. The number of fused-ring (bicyclic) bond motifs is 1. The molecule has 0 spiro atoms. The predicted octanol–water partition coefficient (Wildman–Crippen LogP) is 3.52. The number of rotatable bonds is 9. The lowest BCUT2D eigenvalue weighted by Gasteiger charge is -2.13. The summed E-state index contributed by atoms with van der Waals surface area (Å²) in [6, 6.07) is 16.1. The molecular formula is C24H32IN5O2. The van der Waals surface area contributed by atoms with Crippen LogP contribution in [-0.2, 0) is 17.8 Å². The van der Waals surface area contributed by atoms with Crippen LogP contribution in [0.3, 0.4) is 0 Å². The molecule has 4 N–H and O–H groups in total. The zero-order chi connectivity index (χ0) is 22.1. The van der Waals surface area contributed by atoms with E-state index in [-0.39, 0.29) is 36.5 Å².